The van der Waals surface area contributed by atoms with E-state index >= 15 is 0 Å². The van der Waals surface area contributed by atoms with E-state index in [1.54, 1.807) is 0 Å². The van der Waals surface area contributed by atoms with Crippen LogP contribution in [0, 0.1) is 17.2 Å². The van der Waals surface area contributed by atoms with Crippen LogP contribution in [0.15, 0.2) is 95.5 Å². The van der Waals surface area contributed by atoms with Crippen molar-refractivity contribution in [3.63, 3.8) is 0 Å². The molecule has 3 aromatic carbocycles. The second-order valence-electron chi connectivity index (χ2n) is 6.52. The maximum absolute atomic E-state index is 6.84. The smallest absolute Gasteiger partial charge is 0.104 e. The first-order valence-corrected chi connectivity index (χ1v) is 10.0. The number of hydrogen-bond donors (Lipinski definition) is 0. The Labute approximate surface area is 176 Å². The number of hydrogen-bond acceptors (Lipinski definition) is 0. The summed E-state index contributed by atoms with van der Waals surface area (Å²) in [5.41, 5.74) is 4.50. The zero-order valence-corrected chi connectivity index (χ0v) is 17.8. The fourth-order valence-corrected chi connectivity index (χ4v) is 3.53. The minimum absolute atomic E-state index is 0.756. The van der Waals surface area contributed by atoms with Crippen molar-refractivity contribution in [2.24, 2.45) is 0 Å². The molecule has 0 aromatic heterocycles. The molecule has 0 aliphatic rings. The van der Waals surface area contributed by atoms with Crippen LogP contribution >= 0.6 is 27.5 Å². The first-order valence-electron chi connectivity index (χ1n) is 8.85. The zero-order valence-electron chi connectivity index (χ0n) is 15.4. The van der Waals surface area contributed by atoms with Gasteiger partial charge in [-0.1, -0.05) is 109 Å². The van der Waals surface area contributed by atoms with Gasteiger partial charge in [-0.25, -0.2) is 0 Å². The summed E-state index contributed by atoms with van der Waals surface area (Å²) in [7, 11) is 0. The molecule has 3 radical (unpaired) electrons. The van der Waals surface area contributed by atoms with E-state index in [0.29, 0.717) is 0 Å². The second-order valence-corrected chi connectivity index (χ2v) is 7.82. The van der Waals surface area contributed by atoms with Crippen LogP contribution in [0.4, 0.5) is 0 Å². The zero-order chi connectivity index (χ0) is 19.2. The van der Waals surface area contributed by atoms with E-state index in [4.69, 9.17) is 11.6 Å². The second kappa shape index (κ2) is 9.39. The predicted octanol–water partition coefficient (Wildman–Crippen LogP) is 7.89. The maximum atomic E-state index is 6.84. The van der Waals surface area contributed by atoms with Gasteiger partial charge in [-0.05, 0) is 40.3 Å². The Balaban J connectivity index is 2.06. The van der Waals surface area contributed by atoms with Gasteiger partial charge in [-0.15, -0.1) is 11.6 Å². The molecule has 0 atom stereocenters. The molecule has 0 aliphatic heterocycles. The molecule has 0 nitrogen and oxygen atoms in total. The summed E-state index contributed by atoms with van der Waals surface area (Å²) in [5.74, 6) is 2.22. The molecule has 3 rings (SSSR count). The predicted molar refractivity (Wildman–Crippen MR) is 120 cm³/mol. The third-order valence-corrected chi connectivity index (χ3v) is 5.28. The molecule has 0 saturated heterocycles. The maximum Gasteiger partial charge on any atom is 0.104 e. The summed E-state index contributed by atoms with van der Waals surface area (Å²) in [5, 5.41) is 0.756. The molecule has 0 aliphatic carbocycles. The van der Waals surface area contributed by atoms with E-state index in [2.05, 4.69) is 84.4 Å². The van der Waals surface area contributed by atoms with Crippen molar-refractivity contribution in [2.75, 3.05) is 0 Å². The van der Waals surface area contributed by atoms with Gasteiger partial charge in [-0.3, -0.25) is 0 Å². The summed E-state index contributed by atoms with van der Waals surface area (Å²) < 4.78 is 1.04. The summed E-state index contributed by atoms with van der Waals surface area (Å²) in [6.07, 6.45) is 2.20. The van der Waals surface area contributed by atoms with Gasteiger partial charge in [-0.2, -0.15) is 0 Å². The average molecular weight is 437 g/mol. The highest BCUT2D eigenvalue weighted by Crippen LogP contribution is 2.40. The lowest BCUT2D eigenvalue weighted by atomic mass is 9.84. The van der Waals surface area contributed by atoms with E-state index in [1.807, 2.05) is 36.4 Å². The Hall–Kier alpha value is -1.83. The molecule has 0 fully saturated rings. The number of rotatable bonds is 6. The first kappa shape index (κ1) is 19.9. The molecule has 0 unspecified atom stereocenters. The lowest BCUT2D eigenvalue weighted by molar-refractivity contribution is 1.01. The fraction of sp³-hybridized carbons (Fsp3) is 0.0800. The molecule has 0 heterocycles. The van der Waals surface area contributed by atoms with Gasteiger partial charge in [0.25, 0.3) is 0 Å². The van der Waals surface area contributed by atoms with Crippen molar-refractivity contribution >= 4 is 33.1 Å². The molecule has 27 heavy (non-hydrogen) atoms. The normalized spacial score (nSPS) is 11.2. The van der Waals surface area contributed by atoms with Crippen LogP contribution in [0.25, 0.3) is 5.57 Å². The molecule has 0 bridgehead atoms. The van der Waals surface area contributed by atoms with Crippen LogP contribution in [0.1, 0.15) is 30.5 Å². The highest BCUT2D eigenvalue weighted by molar-refractivity contribution is 9.10. The van der Waals surface area contributed by atoms with Crippen molar-refractivity contribution in [3.8, 4) is 0 Å². The Kier molecular flexibility index (Phi) is 6.93. The minimum atomic E-state index is 0.756. The summed E-state index contributed by atoms with van der Waals surface area (Å²) in [4.78, 5) is 0. The van der Waals surface area contributed by atoms with Crippen LogP contribution in [0.2, 0.25) is 0 Å². The van der Waals surface area contributed by atoms with Crippen molar-refractivity contribution in [1.29, 1.82) is 0 Å². The third-order valence-electron chi connectivity index (χ3n) is 4.33. The van der Waals surface area contributed by atoms with Gasteiger partial charge < -0.3 is 0 Å². The van der Waals surface area contributed by atoms with E-state index in [9.17, 15) is 0 Å². The molecule has 3 aromatic rings. The molecule has 0 amide bonds. The average Bonchev–Trinajstić information content (AvgIpc) is 2.70. The molecule has 135 valence electrons. The third kappa shape index (κ3) is 5.12. The molecule has 2 heteroatoms. The SMILES string of the molecule is C[C](C)[C](C=C(c1ccccc1)c1ccccc1)[C](Cl)c1ccc(Br)cc1. The first-order chi connectivity index (χ1) is 13.1. The van der Waals surface area contributed by atoms with E-state index in [0.717, 1.165) is 26.9 Å². The number of halogens is 2. The van der Waals surface area contributed by atoms with Crippen molar-refractivity contribution in [1.82, 2.24) is 0 Å². The van der Waals surface area contributed by atoms with Crippen LogP contribution in [-0.4, -0.2) is 0 Å². The van der Waals surface area contributed by atoms with Gasteiger partial charge in [0.1, 0.15) is 5.38 Å². The van der Waals surface area contributed by atoms with Gasteiger partial charge in [0.05, 0.1) is 0 Å². The molecule has 0 saturated carbocycles. The topological polar surface area (TPSA) is 0 Å². The molecular weight excluding hydrogens is 416 g/mol. The van der Waals surface area contributed by atoms with E-state index < -0.39 is 0 Å². The monoisotopic (exact) mass is 435 g/mol. The van der Waals surface area contributed by atoms with Crippen molar-refractivity contribution in [2.45, 2.75) is 13.8 Å². The summed E-state index contributed by atoms with van der Waals surface area (Å²) >= 11 is 10.3. The largest absolute Gasteiger partial charge is 0.111 e. The highest BCUT2D eigenvalue weighted by Gasteiger charge is 2.25. The highest BCUT2D eigenvalue weighted by atomic mass is 79.9. The number of allylic oxidation sites excluding steroid dienone is 1. The Morgan fingerprint density at radius 2 is 1.19 bits per heavy atom. The standard InChI is InChI=1S/C25H21BrCl/c1-18(2)23(25(27)21-13-15-22(26)16-14-21)17-24(19-9-5-3-6-10-19)20-11-7-4-8-12-20/h3-17H,1-2H3. The Bertz CT molecular complexity index is 826. The molecular formula is C25H21BrCl. The molecule has 0 spiro atoms. The summed E-state index contributed by atoms with van der Waals surface area (Å²) in [6.45, 7) is 4.20. The van der Waals surface area contributed by atoms with Crippen molar-refractivity contribution < 1.29 is 0 Å². The summed E-state index contributed by atoms with van der Waals surface area (Å²) in [6, 6.07) is 29.0. The van der Waals surface area contributed by atoms with Crippen molar-refractivity contribution in [3.05, 3.63) is 129 Å². The van der Waals surface area contributed by atoms with Crippen LogP contribution < -0.4 is 0 Å². The van der Waals surface area contributed by atoms with Gasteiger partial charge in [0.15, 0.2) is 0 Å². The van der Waals surface area contributed by atoms with Gasteiger partial charge in [0.2, 0.25) is 0 Å². The Morgan fingerprint density at radius 1 is 0.704 bits per heavy atom. The molecule has 0 N–H and O–H groups in total. The minimum Gasteiger partial charge on any atom is -0.111 e. The quantitative estimate of drug-likeness (QED) is 0.368. The van der Waals surface area contributed by atoms with Gasteiger partial charge in [0, 0.05) is 10.4 Å². The van der Waals surface area contributed by atoms with E-state index in [1.165, 1.54) is 17.0 Å². The van der Waals surface area contributed by atoms with Crippen LogP contribution in [0.5, 0.6) is 0 Å². The fourth-order valence-electron chi connectivity index (χ4n) is 2.89. The Morgan fingerprint density at radius 3 is 1.63 bits per heavy atom. The van der Waals surface area contributed by atoms with Crippen LogP contribution in [0.3, 0.4) is 0 Å². The number of benzene rings is 3. The van der Waals surface area contributed by atoms with Gasteiger partial charge >= 0.3 is 0 Å². The van der Waals surface area contributed by atoms with E-state index in [-0.39, 0.29) is 0 Å². The lowest BCUT2D eigenvalue weighted by Crippen LogP contribution is -2.10. The van der Waals surface area contributed by atoms with Crippen LogP contribution in [-0.2, 0) is 0 Å². The lowest BCUT2D eigenvalue weighted by Gasteiger charge is -2.23.